The van der Waals surface area contributed by atoms with Crippen molar-refractivity contribution < 1.29 is 13.6 Å². The first-order valence-corrected chi connectivity index (χ1v) is 6.20. The lowest BCUT2D eigenvalue weighted by Crippen LogP contribution is -2.06. The van der Waals surface area contributed by atoms with Crippen LogP contribution in [0.4, 0.5) is 14.5 Å². The van der Waals surface area contributed by atoms with Crippen LogP contribution >= 0.6 is 27.3 Å². The first-order chi connectivity index (χ1) is 8.00. The van der Waals surface area contributed by atoms with E-state index in [1.807, 2.05) is 0 Å². The van der Waals surface area contributed by atoms with Gasteiger partial charge in [-0.1, -0.05) is 0 Å². The minimum Gasteiger partial charge on any atom is -0.396 e. The summed E-state index contributed by atoms with van der Waals surface area (Å²) in [5.41, 5.74) is 4.55. The Balaban J connectivity index is 2.55. The molecule has 0 spiro atoms. The predicted molar refractivity (Wildman–Crippen MR) is 66.2 cm³/mol. The van der Waals surface area contributed by atoms with Crippen molar-refractivity contribution in [3.8, 4) is 0 Å². The summed E-state index contributed by atoms with van der Waals surface area (Å²) in [6.45, 7) is 0. The van der Waals surface area contributed by atoms with Crippen LogP contribution in [0, 0.1) is 11.6 Å². The second-order valence-electron chi connectivity index (χ2n) is 3.28. The van der Waals surface area contributed by atoms with Crippen LogP contribution in [0.2, 0.25) is 0 Å². The standard InChI is InChI=1S/C11H6BrF2NOS/c12-7-1-2-17-11(7)10(16)6-3-5(13)4-8(15)9(6)14/h1-4H,15H2. The van der Waals surface area contributed by atoms with Gasteiger partial charge in [-0.3, -0.25) is 4.79 Å². The molecule has 0 aliphatic heterocycles. The fourth-order valence-corrected chi connectivity index (χ4v) is 2.86. The van der Waals surface area contributed by atoms with Crippen LogP contribution in [0.25, 0.3) is 0 Å². The molecule has 1 aromatic carbocycles. The molecule has 0 bridgehead atoms. The van der Waals surface area contributed by atoms with Crippen molar-refractivity contribution in [2.24, 2.45) is 0 Å². The molecule has 17 heavy (non-hydrogen) atoms. The Morgan fingerprint density at radius 3 is 2.65 bits per heavy atom. The highest BCUT2D eigenvalue weighted by Crippen LogP contribution is 2.28. The fraction of sp³-hybridized carbons (Fsp3) is 0. The number of anilines is 1. The van der Waals surface area contributed by atoms with E-state index in [0.29, 0.717) is 9.35 Å². The smallest absolute Gasteiger partial charge is 0.207 e. The average molecular weight is 318 g/mol. The molecule has 0 fully saturated rings. The number of halogens is 3. The zero-order valence-corrected chi connectivity index (χ0v) is 10.7. The summed E-state index contributed by atoms with van der Waals surface area (Å²) in [4.78, 5) is 12.3. The molecule has 0 atom stereocenters. The zero-order chi connectivity index (χ0) is 12.6. The summed E-state index contributed by atoms with van der Waals surface area (Å²) in [5.74, 6) is -2.22. The lowest BCUT2D eigenvalue weighted by Gasteiger charge is -2.04. The Hall–Kier alpha value is -1.27. The van der Waals surface area contributed by atoms with Crippen molar-refractivity contribution in [2.45, 2.75) is 0 Å². The number of carbonyl (C=O) groups is 1. The van der Waals surface area contributed by atoms with Crippen molar-refractivity contribution in [3.63, 3.8) is 0 Å². The van der Waals surface area contributed by atoms with Crippen LogP contribution in [-0.2, 0) is 0 Å². The summed E-state index contributed by atoms with van der Waals surface area (Å²) in [5, 5.41) is 1.68. The maximum absolute atomic E-state index is 13.6. The van der Waals surface area contributed by atoms with Gasteiger partial charge >= 0.3 is 0 Å². The molecular weight excluding hydrogens is 312 g/mol. The Morgan fingerprint density at radius 2 is 2.06 bits per heavy atom. The van der Waals surface area contributed by atoms with Gasteiger partial charge in [0.15, 0.2) is 5.82 Å². The number of benzene rings is 1. The van der Waals surface area contributed by atoms with Gasteiger partial charge in [-0.05, 0) is 39.5 Å². The molecule has 0 unspecified atom stereocenters. The van der Waals surface area contributed by atoms with E-state index in [2.05, 4.69) is 15.9 Å². The van der Waals surface area contributed by atoms with E-state index in [4.69, 9.17) is 5.73 Å². The summed E-state index contributed by atoms with van der Waals surface area (Å²) in [6.07, 6.45) is 0. The number of ketones is 1. The van der Waals surface area contributed by atoms with Crippen LogP contribution in [-0.4, -0.2) is 5.78 Å². The summed E-state index contributed by atoms with van der Waals surface area (Å²) in [6, 6.07) is 3.36. The van der Waals surface area contributed by atoms with E-state index >= 15 is 0 Å². The fourth-order valence-electron chi connectivity index (χ4n) is 1.35. The molecule has 88 valence electrons. The van der Waals surface area contributed by atoms with Crippen molar-refractivity contribution >= 4 is 38.7 Å². The first kappa shape index (κ1) is 12.2. The third-order valence-electron chi connectivity index (χ3n) is 2.13. The quantitative estimate of drug-likeness (QED) is 0.679. The van der Waals surface area contributed by atoms with E-state index in [-0.39, 0.29) is 11.3 Å². The number of nitrogens with two attached hydrogens (primary N) is 1. The molecule has 0 saturated heterocycles. The van der Waals surface area contributed by atoms with E-state index in [9.17, 15) is 13.6 Å². The maximum atomic E-state index is 13.6. The largest absolute Gasteiger partial charge is 0.396 e. The third-order valence-corrected chi connectivity index (χ3v) is 3.97. The zero-order valence-electron chi connectivity index (χ0n) is 8.34. The molecule has 0 aliphatic carbocycles. The van der Waals surface area contributed by atoms with Gasteiger partial charge in [0.2, 0.25) is 5.78 Å². The molecule has 0 aliphatic rings. The number of hydrogen-bond donors (Lipinski definition) is 1. The van der Waals surface area contributed by atoms with Crippen molar-refractivity contribution in [1.29, 1.82) is 0 Å². The lowest BCUT2D eigenvalue weighted by molar-refractivity contribution is 0.103. The van der Waals surface area contributed by atoms with E-state index in [1.165, 1.54) is 0 Å². The molecular formula is C11H6BrF2NOS. The van der Waals surface area contributed by atoms with Gasteiger partial charge in [-0.15, -0.1) is 11.3 Å². The van der Waals surface area contributed by atoms with Gasteiger partial charge in [0.1, 0.15) is 5.82 Å². The lowest BCUT2D eigenvalue weighted by atomic mass is 10.1. The average Bonchev–Trinajstić information content (AvgIpc) is 2.69. The Morgan fingerprint density at radius 1 is 1.35 bits per heavy atom. The highest BCUT2D eigenvalue weighted by molar-refractivity contribution is 9.10. The van der Waals surface area contributed by atoms with Crippen molar-refractivity contribution in [3.05, 3.63) is 50.1 Å². The highest BCUT2D eigenvalue weighted by Gasteiger charge is 2.20. The molecule has 6 heteroatoms. The van der Waals surface area contributed by atoms with Crippen LogP contribution in [0.1, 0.15) is 15.2 Å². The molecule has 2 rings (SSSR count). The Bertz CT molecular complexity index is 597. The molecule has 0 radical (unpaired) electrons. The molecule has 0 amide bonds. The topological polar surface area (TPSA) is 43.1 Å². The number of thiophene rings is 1. The monoisotopic (exact) mass is 317 g/mol. The van der Waals surface area contributed by atoms with Crippen molar-refractivity contribution in [2.75, 3.05) is 5.73 Å². The van der Waals surface area contributed by atoms with Gasteiger partial charge in [0.05, 0.1) is 16.1 Å². The number of carbonyl (C=O) groups excluding carboxylic acids is 1. The van der Waals surface area contributed by atoms with E-state index in [1.54, 1.807) is 11.4 Å². The van der Waals surface area contributed by atoms with Gasteiger partial charge < -0.3 is 5.73 Å². The van der Waals surface area contributed by atoms with E-state index < -0.39 is 17.4 Å². The molecule has 2 aromatic rings. The third kappa shape index (κ3) is 2.23. The van der Waals surface area contributed by atoms with Crippen LogP contribution < -0.4 is 5.73 Å². The van der Waals surface area contributed by atoms with Gasteiger partial charge in [-0.2, -0.15) is 0 Å². The number of nitrogen functional groups attached to an aromatic ring is 1. The van der Waals surface area contributed by atoms with E-state index in [0.717, 1.165) is 23.5 Å². The van der Waals surface area contributed by atoms with Crippen molar-refractivity contribution in [1.82, 2.24) is 0 Å². The van der Waals surface area contributed by atoms with Crippen LogP contribution in [0.5, 0.6) is 0 Å². The summed E-state index contributed by atoms with van der Waals surface area (Å²) < 4.78 is 27.3. The minimum absolute atomic E-state index is 0.314. The predicted octanol–water partition coefficient (Wildman–Crippen LogP) is 3.60. The molecule has 1 heterocycles. The molecule has 1 aromatic heterocycles. The van der Waals surface area contributed by atoms with Gasteiger partial charge in [0, 0.05) is 4.47 Å². The molecule has 0 saturated carbocycles. The van der Waals surface area contributed by atoms with Crippen LogP contribution in [0.3, 0.4) is 0 Å². The maximum Gasteiger partial charge on any atom is 0.207 e. The highest BCUT2D eigenvalue weighted by atomic mass is 79.9. The molecule has 2 N–H and O–H groups in total. The number of hydrogen-bond acceptors (Lipinski definition) is 3. The Labute approximate surface area is 108 Å². The first-order valence-electron chi connectivity index (χ1n) is 4.53. The SMILES string of the molecule is Nc1cc(F)cc(C(=O)c2sccc2Br)c1F. The second kappa shape index (κ2) is 4.54. The second-order valence-corrected chi connectivity index (χ2v) is 5.05. The minimum atomic E-state index is -0.892. The van der Waals surface area contributed by atoms with Crippen LogP contribution in [0.15, 0.2) is 28.1 Å². The normalized spacial score (nSPS) is 10.5. The summed E-state index contributed by atoms with van der Waals surface area (Å²) in [7, 11) is 0. The number of rotatable bonds is 2. The Kier molecular flexibility index (Phi) is 3.26. The van der Waals surface area contributed by atoms with Gasteiger partial charge in [0.25, 0.3) is 0 Å². The van der Waals surface area contributed by atoms with Gasteiger partial charge in [-0.25, -0.2) is 8.78 Å². The summed E-state index contributed by atoms with van der Waals surface area (Å²) >= 11 is 4.31. The molecule has 2 nitrogen and oxygen atoms in total.